The van der Waals surface area contributed by atoms with Crippen LogP contribution in [0.3, 0.4) is 0 Å². The first kappa shape index (κ1) is 29.9. The first-order valence-electron chi connectivity index (χ1n) is 10.7. The Morgan fingerprint density at radius 1 is 0.733 bits per heavy atom. The molecule has 184 valence electrons. The Hall–Kier alpha value is -0.0800. The van der Waals surface area contributed by atoms with Crippen molar-refractivity contribution in [1.29, 1.82) is 0 Å². The van der Waals surface area contributed by atoms with E-state index >= 15 is 0 Å². The zero-order valence-corrected chi connectivity index (χ0v) is 20.1. The summed E-state index contributed by atoms with van der Waals surface area (Å²) in [6.07, 6.45) is 0.472. The van der Waals surface area contributed by atoms with Crippen LogP contribution in [0.1, 0.15) is 79.1 Å². The van der Waals surface area contributed by atoms with Crippen molar-refractivity contribution >= 4 is 16.9 Å². The first-order chi connectivity index (χ1) is 13.7. The third-order valence-corrected chi connectivity index (χ3v) is 14.8. The molecule has 0 saturated carbocycles. The van der Waals surface area contributed by atoms with Gasteiger partial charge in [-0.25, -0.2) is 0 Å². The van der Waals surface area contributed by atoms with Crippen LogP contribution in [0.4, 0.5) is 26.3 Å². The molecule has 0 N–H and O–H groups in total. The molecule has 0 rings (SSSR count). The van der Waals surface area contributed by atoms with Crippen LogP contribution in [0, 0.1) is 0 Å². The standard InChI is InChI=1S/C19H37F6O3PS/c1-5-9-13-29(14-10-6-2,15-11-7-3,16-12-8-4)28-30(26,27)19(24,25)18(22,23)17(20)21/h17H,5-16H2,1-4H3. The van der Waals surface area contributed by atoms with Crippen molar-refractivity contribution in [2.75, 3.05) is 24.6 Å². The molecular weight excluding hydrogens is 453 g/mol. The molecule has 0 aliphatic rings. The van der Waals surface area contributed by atoms with E-state index < -0.39 is 34.6 Å². The minimum atomic E-state index is -6.31. The molecule has 0 aliphatic carbocycles. The molecule has 0 saturated heterocycles. The van der Waals surface area contributed by atoms with E-state index in [0.29, 0.717) is 51.4 Å². The summed E-state index contributed by atoms with van der Waals surface area (Å²) >= 11 is 0. The quantitative estimate of drug-likeness (QED) is 0.157. The van der Waals surface area contributed by atoms with Gasteiger partial charge in [-0.05, 0) is 0 Å². The Bertz CT molecular complexity index is 570. The summed E-state index contributed by atoms with van der Waals surface area (Å²) in [5, 5.41) is -6.02. The van der Waals surface area contributed by atoms with E-state index in [4.69, 9.17) is 3.97 Å². The third-order valence-electron chi connectivity index (χ3n) is 5.59. The number of rotatable bonds is 17. The van der Waals surface area contributed by atoms with Gasteiger partial charge in [0, 0.05) is 0 Å². The molecule has 0 fully saturated rings. The van der Waals surface area contributed by atoms with Crippen molar-refractivity contribution in [3.8, 4) is 0 Å². The molecule has 0 unspecified atom stereocenters. The zero-order valence-electron chi connectivity index (χ0n) is 18.4. The minimum absolute atomic E-state index is 0.206. The SMILES string of the molecule is CCCCP(CCCC)(CCCC)(CCCC)OS(=O)(=O)C(F)(F)C(F)(F)C(F)F. The summed E-state index contributed by atoms with van der Waals surface area (Å²) in [6.45, 7) is 3.45. The van der Waals surface area contributed by atoms with Crippen LogP contribution in [0.25, 0.3) is 0 Å². The molecule has 30 heavy (non-hydrogen) atoms. The van der Waals surface area contributed by atoms with Gasteiger partial charge >= 0.3 is 177 Å². The van der Waals surface area contributed by atoms with Gasteiger partial charge in [-0.2, -0.15) is 0 Å². The third kappa shape index (κ3) is 6.71. The molecule has 0 bridgehead atoms. The second kappa shape index (κ2) is 11.7. The van der Waals surface area contributed by atoms with Gasteiger partial charge in [0.25, 0.3) is 0 Å². The van der Waals surface area contributed by atoms with E-state index in [-0.39, 0.29) is 24.6 Å². The fourth-order valence-corrected chi connectivity index (χ4v) is 13.7. The fourth-order valence-electron chi connectivity index (χ4n) is 3.67. The number of hydrogen-bond acceptors (Lipinski definition) is 3. The maximum atomic E-state index is 14.3. The van der Waals surface area contributed by atoms with Gasteiger partial charge in [0.2, 0.25) is 0 Å². The Morgan fingerprint density at radius 3 is 1.27 bits per heavy atom. The predicted molar refractivity (Wildman–Crippen MR) is 112 cm³/mol. The van der Waals surface area contributed by atoms with E-state index in [9.17, 15) is 34.8 Å². The van der Waals surface area contributed by atoms with Crippen LogP contribution in [0.2, 0.25) is 0 Å². The number of halogens is 6. The van der Waals surface area contributed by atoms with Gasteiger partial charge in [-0.1, -0.05) is 0 Å². The zero-order chi connectivity index (χ0) is 23.7. The molecule has 3 nitrogen and oxygen atoms in total. The van der Waals surface area contributed by atoms with Gasteiger partial charge in [-0.3, -0.25) is 0 Å². The van der Waals surface area contributed by atoms with Crippen molar-refractivity contribution in [2.24, 2.45) is 0 Å². The summed E-state index contributed by atoms with van der Waals surface area (Å²) in [5.41, 5.74) is 0. The van der Waals surface area contributed by atoms with E-state index in [0.717, 1.165) is 0 Å². The van der Waals surface area contributed by atoms with Crippen LogP contribution < -0.4 is 0 Å². The average molecular weight is 491 g/mol. The van der Waals surface area contributed by atoms with Gasteiger partial charge in [0.05, 0.1) is 0 Å². The molecule has 0 aromatic rings. The molecule has 0 aliphatic heterocycles. The second-order valence-electron chi connectivity index (χ2n) is 8.14. The normalized spacial score (nSPS) is 15.4. The molecule has 0 atom stereocenters. The molecule has 11 heteroatoms. The molecule has 0 amide bonds. The van der Waals surface area contributed by atoms with Crippen molar-refractivity contribution < 1.29 is 38.7 Å². The first-order valence-corrected chi connectivity index (χ1v) is 15.0. The van der Waals surface area contributed by atoms with Crippen molar-refractivity contribution in [1.82, 2.24) is 0 Å². The van der Waals surface area contributed by atoms with Crippen LogP contribution >= 0.6 is 6.83 Å². The van der Waals surface area contributed by atoms with Crippen LogP contribution in [0.15, 0.2) is 0 Å². The Kier molecular flexibility index (Phi) is 11.7. The second-order valence-corrected chi connectivity index (χ2v) is 15.7. The van der Waals surface area contributed by atoms with Crippen molar-refractivity contribution in [2.45, 2.75) is 96.7 Å². The van der Waals surface area contributed by atoms with E-state index in [2.05, 4.69) is 0 Å². The van der Waals surface area contributed by atoms with Crippen LogP contribution in [0.5, 0.6) is 0 Å². The number of hydrogen-bond donors (Lipinski definition) is 0. The summed E-state index contributed by atoms with van der Waals surface area (Å²) in [7, 11) is -6.31. The summed E-state index contributed by atoms with van der Waals surface area (Å²) in [5.74, 6) is -6.04. The summed E-state index contributed by atoms with van der Waals surface area (Å²) in [4.78, 5) is 0. The number of unbranched alkanes of at least 4 members (excludes halogenated alkanes) is 4. The van der Waals surface area contributed by atoms with E-state index in [1.165, 1.54) is 0 Å². The molecule has 0 aromatic carbocycles. The monoisotopic (exact) mass is 490 g/mol. The Balaban J connectivity index is 6.63. The Morgan fingerprint density at radius 2 is 1.03 bits per heavy atom. The van der Waals surface area contributed by atoms with Crippen molar-refractivity contribution in [3.63, 3.8) is 0 Å². The number of alkyl halides is 6. The molecule has 0 radical (unpaired) electrons. The van der Waals surface area contributed by atoms with Crippen LogP contribution in [-0.4, -0.2) is 50.7 Å². The molecule has 0 aromatic heterocycles. The van der Waals surface area contributed by atoms with E-state index in [1.807, 2.05) is 27.7 Å². The average Bonchev–Trinajstić information content (AvgIpc) is 2.67. The fraction of sp³-hybridized carbons (Fsp3) is 1.00. The molecule has 0 spiro atoms. The van der Waals surface area contributed by atoms with Gasteiger partial charge in [0.15, 0.2) is 0 Å². The van der Waals surface area contributed by atoms with Gasteiger partial charge in [0.1, 0.15) is 0 Å². The topological polar surface area (TPSA) is 43.4 Å². The molecular formula is C19H37F6O3PS. The van der Waals surface area contributed by atoms with Gasteiger partial charge in [-0.15, -0.1) is 0 Å². The predicted octanol–water partition coefficient (Wildman–Crippen LogP) is 7.49. The van der Waals surface area contributed by atoms with Crippen molar-refractivity contribution in [3.05, 3.63) is 0 Å². The Labute approximate surface area is 177 Å². The van der Waals surface area contributed by atoms with E-state index in [1.54, 1.807) is 0 Å². The van der Waals surface area contributed by atoms with Crippen LogP contribution in [-0.2, 0) is 14.1 Å². The van der Waals surface area contributed by atoms with Gasteiger partial charge < -0.3 is 0 Å². The maximum absolute atomic E-state index is 14.3. The summed E-state index contributed by atoms with van der Waals surface area (Å²) < 4.78 is 111. The summed E-state index contributed by atoms with van der Waals surface area (Å²) in [6, 6.07) is 0. The molecule has 0 heterocycles.